The van der Waals surface area contributed by atoms with Gasteiger partial charge in [0.15, 0.2) is 0 Å². The van der Waals surface area contributed by atoms with Gasteiger partial charge in [0.2, 0.25) is 5.91 Å². The van der Waals surface area contributed by atoms with E-state index in [-0.39, 0.29) is 11.9 Å². The molecule has 3 amide bonds. The number of urea groups is 1. The first-order valence-corrected chi connectivity index (χ1v) is 9.89. The monoisotopic (exact) mass is 399 g/mol. The number of likely N-dealkylation sites (tertiary alicyclic amines) is 1. The number of anilines is 1. The van der Waals surface area contributed by atoms with Gasteiger partial charge in [-0.15, -0.1) is 0 Å². The third kappa shape index (κ3) is 5.04. The van der Waals surface area contributed by atoms with Crippen LogP contribution >= 0.6 is 11.6 Å². The van der Waals surface area contributed by atoms with Crippen molar-refractivity contribution in [2.75, 3.05) is 18.4 Å². The molecule has 5 nitrogen and oxygen atoms in total. The number of amides is 3. The lowest BCUT2D eigenvalue weighted by Gasteiger charge is -2.39. The zero-order valence-electron chi connectivity index (χ0n) is 16.3. The number of halogens is 1. The van der Waals surface area contributed by atoms with E-state index in [1.54, 1.807) is 29.2 Å². The second kappa shape index (κ2) is 8.65. The van der Waals surface area contributed by atoms with Crippen molar-refractivity contribution in [1.82, 2.24) is 10.2 Å². The first-order chi connectivity index (χ1) is 13.4. The van der Waals surface area contributed by atoms with Crippen LogP contribution in [0.15, 0.2) is 48.5 Å². The second-order valence-electron chi connectivity index (χ2n) is 7.69. The highest BCUT2D eigenvalue weighted by molar-refractivity contribution is 6.30. The summed E-state index contributed by atoms with van der Waals surface area (Å²) >= 11 is 5.88. The molecule has 3 rings (SSSR count). The van der Waals surface area contributed by atoms with Gasteiger partial charge >= 0.3 is 6.03 Å². The molecule has 2 N–H and O–H groups in total. The number of nitrogens with one attached hydrogen (secondary N) is 2. The largest absolute Gasteiger partial charge is 0.351 e. The molecular formula is C22H26ClN3O2. The highest BCUT2D eigenvalue weighted by Crippen LogP contribution is 2.30. The van der Waals surface area contributed by atoms with Crippen molar-refractivity contribution >= 4 is 29.2 Å². The van der Waals surface area contributed by atoms with Crippen molar-refractivity contribution in [2.45, 2.75) is 33.2 Å². The lowest BCUT2D eigenvalue weighted by Crippen LogP contribution is -2.52. The Morgan fingerprint density at radius 2 is 1.79 bits per heavy atom. The third-order valence-electron chi connectivity index (χ3n) is 5.20. The van der Waals surface area contributed by atoms with Gasteiger partial charge < -0.3 is 15.5 Å². The van der Waals surface area contributed by atoms with Gasteiger partial charge in [0.25, 0.3) is 0 Å². The Balaban J connectivity index is 1.58. The normalized spacial score (nSPS) is 19.2. The fraction of sp³-hybridized carbons (Fsp3) is 0.364. The van der Waals surface area contributed by atoms with E-state index < -0.39 is 5.41 Å². The van der Waals surface area contributed by atoms with Crippen LogP contribution in [0, 0.1) is 12.3 Å². The van der Waals surface area contributed by atoms with Crippen molar-refractivity contribution in [2.24, 2.45) is 5.41 Å². The molecule has 1 saturated heterocycles. The average Bonchev–Trinajstić information content (AvgIpc) is 2.69. The smallest absolute Gasteiger partial charge is 0.321 e. The van der Waals surface area contributed by atoms with Crippen molar-refractivity contribution < 1.29 is 9.59 Å². The van der Waals surface area contributed by atoms with Gasteiger partial charge in [0, 0.05) is 30.3 Å². The maximum atomic E-state index is 12.8. The predicted molar refractivity (Wildman–Crippen MR) is 112 cm³/mol. The number of benzene rings is 2. The van der Waals surface area contributed by atoms with E-state index in [1.165, 1.54) is 5.56 Å². The number of carbonyl (C=O) groups is 2. The lowest BCUT2D eigenvalue weighted by molar-refractivity contribution is -0.132. The zero-order chi connectivity index (χ0) is 20.1. The molecule has 2 aromatic rings. The van der Waals surface area contributed by atoms with Crippen LogP contribution in [0.1, 0.15) is 30.9 Å². The molecule has 0 saturated carbocycles. The van der Waals surface area contributed by atoms with Crippen LogP contribution < -0.4 is 10.6 Å². The van der Waals surface area contributed by atoms with Crippen molar-refractivity contribution in [1.29, 1.82) is 0 Å². The van der Waals surface area contributed by atoms with Crippen molar-refractivity contribution in [3.8, 4) is 0 Å². The predicted octanol–water partition coefficient (Wildman–Crippen LogP) is 4.60. The fourth-order valence-corrected chi connectivity index (χ4v) is 3.56. The SMILES string of the molecule is Cc1ccc(CNC(=O)C2(C)CCCN(C(=O)Nc3ccc(Cl)cc3)C2)cc1. The maximum Gasteiger partial charge on any atom is 0.321 e. The summed E-state index contributed by atoms with van der Waals surface area (Å²) in [6.45, 7) is 5.49. The van der Waals surface area contributed by atoms with E-state index in [2.05, 4.69) is 10.6 Å². The number of aryl methyl sites for hydroxylation is 1. The Labute approximate surface area is 171 Å². The molecule has 1 aliphatic heterocycles. The summed E-state index contributed by atoms with van der Waals surface area (Å²) in [5, 5.41) is 6.53. The molecule has 0 radical (unpaired) electrons. The molecule has 1 unspecified atom stereocenters. The number of rotatable bonds is 4. The molecule has 148 valence electrons. The van der Waals surface area contributed by atoms with E-state index >= 15 is 0 Å². The Bertz CT molecular complexity index is 836. The van der Waals surface area contributed by atoms with Crippen molar-refractivity contribution in [3.05, 3.63) is 64.7 Å². The van der Waals surface area contributed by atoms with Gasteiger partial charge in [-0.3, -0.25) is 4.79 Å². The van der Waals surface area contributed by atoms with Gasteiger partial charge in [0.1, 0.15) is 0 Å². The van der Waals surface area contributed by atoms with E-state index in [0.29, 0.717) is 30.3 Å². The molecule has 0 aromatic heterocycles. The third-order valence-corrected chi connectivity index (χ3v) is 5.45. The second-order valence-corrected chi connectivity index (χ2v) is 8.13. The Morgan fingerprint density at radius 1 is 1.11 bits per heavy atom. The maximum absolute atomic E-state index is 12.8. The Kier molecular flexibility index (Phi) is 6.25. The van der Waals surface area contributed by atoms with E-state index in [0.717, 1.165) is 18.4 Å². The van der Waals surface area contributed by atoms with E-state index in [1.807, 2.05) is 38.1 Å². The molecule has 1 heterocycles. The summed E-state index contributed by atoms with van der Waals surface area (Å²) in [6.07, 6.45) is 1.56. The molecular weight excluding hydrogens is 374 g/mol. The van der Waals surface area contributed by atoms with Crippen molar-refractivity contribution in [3.63, 3.8) is 0 Å². The van der Waals surface area contributed by atoms with Crippen LogP contribution in [0.5, 0.6) is 0 Å². The average molecular weight is 400 g/mol. The van der Waals surface area contributed by atoms with Gasteiger partial charge in [-0.25, -0.2) is 4.79 Å². The molecule has 0 bridgehead atoms. The lowest BCUT2D eigenvalue weighted by atomic mass is 9.81. The Hall–Kier alpha value is -2.53. The number of carbonyl (C=O) groups excluding carboxylic acids is 2. The summed E-state index contributed by atoms with van der Waals surface area (Å²) in [5.74, 6) is -0.0166. The summed E-state index contributed by atoms with van der Waals surface area (Å²) in [5.41, 5.74) is 2.35. The molecule has 1 atom stereocenters. The molecule has 28 heavy (non-hydrogen) atoms. The van der Waals surface area contributed by atoms with E-state index in [4.69, 9.17) is 11.6 Å². The van der Waals surface area contributed by atoms with Crippen LogP contribution in [0.2, 0.25) is 5.02 Å². The van der Waals surface area contributed by atoms with Crippen LogP contribution in [0.25, 0.3) is 0 Å². The van der Waals surface area contributed by atoms with Crippen LogP contribution in [0.3, 0.4) is 0 Å². The summed E-state index contributed by atoms with van der Waals surface area (Å²) in [4.78, 5) is 27.2. The van der Waals surface area contributed by atoms with Crippen LogP contribution in [0.4, 0.5) is 10.5 Å². The van der Waals surface area contributed by atoms with Gasteiger partial charge in [-0.1, -0.05) is 41.4 Å². The number of nitrogens with zero attached hydrogens (tertiary/aromatic N) is 1. The van der Waals surface area contributed by atoms with Crippen LogP contribution in [-0.4, -0.2) is 29.9 Å². The van der Waals surface area contributed by atoms with Gasteiger partial charge in [-0.05, 0) is 56.5 Å². The van der Waals surface area contributed by atoms with Gasteiger partial charge in [-0.2, -0.15) is 0 Å². The minimum atomic E-state index is -0.597. The first kappa shape index (κ1) is 20.2. The highest BCUT2D eigenvalue weighted by Gasteiger charge is 2.39. The quantitative estimate of drug-likeness (QED) is 0.789. The number of piperidine rings is 1. The fourth-order valence-electron chi connectivity index (χ4n) is 3.44. The molecule has 1 fully saturated rings. The summed E-state index contributed by atoms with van der Waals surface area (Å²) in [7, 11) is 0. The molecule has 6 heteroatoms. The van der Waals surface area contributed by atoms with Crippen LogP contribution in [-0.2, 0) is 11.3 Å². The summed E-state index contributed by atoms with van der Waals surface area (Å²) < 4.78 is 0. The Morgan fingerprint density at radius 3 is 2.46 bits per heavy atom. The summed E-state index contributed by atoms with van der Waals surface area (Å²) in [6, 6.07) is 14.9. The standard InChI is InChI=1S/C22H26ClN3O2/c1-16-4-6-17(7-5-16)14-24-20(27)22(2)12-3-13-26(15-22)21(28)25-19-10-8-18(23)9-11-19/h4-11H,3,12-15H2,1-2H3,(H,24,27)(H,25,28). The first-order valence-electron chi connectivity index (χ1n) is 9.51. The van der Waals surface area contributed by atoms with E-state index in [9.17, 15) is 9.59 Å². The molecule has 0 spiro atoms. The molecule has 1 aliphatic rings. The van der Waals surface area contributed by atoms with Gasteiger partial charge in [0.05, 0.1) is 5.41 Å². The molecule has 0 aliphatic carbocycles. The topological polar surface area (TPSA) is 61.4 Å². The minimum absolute atomic E-state index is 0.0166. The molecule has 2 aromatic carbocycles. The highest BCUT2D eigenvalue weighted by atomic mass is 35.5. The number of hydrogen-bond acceptors (Lipinski definition) is 2. The number of hydrogen-bond donors (Lipinski definition) is 2. The zero-order valence-corrected chi connectivity index (χ0v) is 17.1. The minimum Gasteiger partial charge on any atom is -0.351 e.